The molecule has 0 saturated heterocycles. The Bertz CT molecular complexity index is 458. The van der Waals surface area contributed by atoms with Gasteiger partial charge < -0.3 is 9.84 Å². The van der Waals surface area contributed by atoms with Crippen LogP contribution in [-0.2, 0) is 16.6 Å². The molecule has 7 nitrogen and oxygen atoms in total. The zero-order chi connectivity index (χ0) is 14.1. The van der Waals surface area contributed by atoms with Gasteiger partial charge >= 0.3 is 0 Å². The minimum absolute atomic E-state index is 0.0771. The lowest BCUT2D eigenvalue weighted by Crippen LogP contribution is -2.27. The standard InChI is InChI=1S/C11H22N4O3S/c1-3-6-12-7-4-5-8-19(16,17)13-9-11-14-10(2)18-15-11/h12-13H,3-9H2,1-2H3. The van der Waals surface area contributed by atoms with Crippen LogP contribution in [-0.4, -0.2) is 37.4 Å². The van der Waals surface area contributed by atoms with Gasteiger partial charge in [0.2, 0.25) is 15.9 Å². The Morgan fingerprint density at radius 3 is 2.68 bits per heavy atom. The molecule has 8 heteroatoms. The topological polar surface area (TPSA) is 97.1 Å². The number of aromatic nitrogens is 2. The Kier molecular flexibility index (Phi) is 6.96. The molecule has 1 rings (SSSR count). The number of hydrogen-bond acceptors (Lipinski definition) is 6. The van der Waals surface area contributed by atoms with Crippen LogP contribution in [0.25, 0.3) is 0 Å². The smallest absolute Gasteiger partial charge is 0.223 e. The lowest BCUT2D eigenvalue weighted by molar-refractivity contribution is 0.387. The highest BCUT2D eigenvalue weighted by atomic mass is 32.2. The molecule has 2 N–H and O–H groups in total. The van der Waals surface area contributed by atoms with Crippen molar-refractivity contribution in [1.82, 2.24) is 20.2 Å². The van der Waals surface area contributed by atoms with Gasteiger partial charge in [0.1, 0.15) is 0 Å². The van der Waals surface area contributed by atoms with E-state index in [1.807, 2.05) is 0 Å². The molecular formula is C11H22N4O3S. The second-order valence-corrected chi connectivity index (χ2v) is 6.25. The molecule has 1 aromatic heterocycles. The van der Waals surface area contributed by atoms with Gasteiger partial charge in [-0.25, -0.2) is 13.1 Å². The lowest BCUT2D eigenvalue weighted by Gasteiger charge is -2.05. The normalized spacial score (nSPS) is 11.9. The maximum Gasteiger partial charge on any atom is 0.223 e. The summed E-state index contributed by atoms with van der Waals surface area (Å²) in [7, 11) is -3.26. The average Bonchev–Trinajstić information content (AvgIpc) is 2.77. The highest BCUT2D eigenvalue weighted by Gasteiger charge is 2.11. The lowest BCUT2D eigenvalue weighted by atomic mass is 10.3. The molecule has 110 valence electrons. The number of aryl methyl sites for hydroxylation is 1. The van der Waals surface area contributed by atoms with Crippen LogP contribution in [0.4, 0.5) is 0 Å². The van der Waals surface area contributed by atoms with Crippen molar-refractivity contribution in [2.45, 2.75) is 39.7 Å². The van der Waals surface area contributed by atoms with E-state index in [1.165, 1.54) is 0 Å². The molecule has 0 unspecified atom stereocenters. The molecule has 0 atom stereocenters. The Morgan fingerprint density at radius 2 is 2.05 bits per heavy atom. The predicted molar refractivity (Wildman–Crippen MR) is 72.1 cm³/mol. The van der Waals surface area contributed by atoms with Crippen molar-refractivity contribution in [3.05, 3.63) is 11.7 Å². The molecule has 1 aromatic rings. The highest BCUT2D eigenvalue weighted by Crippen LogP contribution is 1.98. The van der Waals surface area contributed by atoms with Crippen molar-refractivity contribution in [1.29, 1.82) is 0 Å². The monoisotopic (exact) mass is 290 g/mol. The van der Waals surface area contributed by atoms with E-state index < -0.39 is 10.0 Å². The van der Waals surface area contributed by atoms with E-state index >= 15 is 0 Å². The van der Waals surface area contributed by atoms with Crippen molar-refractivity contribution in [2.75, 3.05) is 18.8 Å². The number of rotatable bonds is 10. The summed E-state index contributed by atoms with van der Waals surface area (Å²) < 4.78 is 30.6. The Balaban J connectivity index is 2.17. The average molecular weight is 290 g/mol. The molecule has 0 radical (unpaired) electrons. The number of sulfonamides is 1. The van der Waals surface area contributed by atoms with Crippen molar-refractivity contribution in [3.8, 4) is 0 Å². The fourth-order valence-corrected chi connectivity index (χ4v) is 2.58. The van der Waals surface area contributed by atoms with Gasteiger partial charge in [-0.3, -0.25) is 0 Å². The minimum atomic E-state index is -3.26. The van der Waals surface area contributed by atoms with Crippen LogP contribution < -0.4 is 10.0 Å². The SMILES string of the molecule is CCCNCCCCS(=O)(=O)NCc1noc(C)n1. The molecule has 0 fully saturated rings. The predicted octanol–water partition coefficient (Wildman–Crippen LogP) is 0.577. The Morgan fingerprint density at radius 1 is 1.26 bits per heavy atom. The summed E-state index contributed by atoms with van der Waals surface area (Å²) in [4.78, 5) is 3.93. The van der Waals surface area contributed by atoms with Crippen LogP contribution in [0.5, 0.6) is 0 Å². The fraction of sp³-hybridized carbons (Fsp3) is 0.818. The van der Waals surface area contributed by atoms with Gasteiger partial charge in [0.05, 0.1) is 12.3 Å². The number of hydrogen-bond donors (Lipinski definition) is 2. The summed E-state index contributed by atoms with van der Waals surface area (Å²) in [6, 6.07) is 0. The molecule has 19 heavy (non-hydrogen) atoms. The molecular weight excluding hydrogens is 268 g/mol. The summed E-state index contributed by atoms with van der Waals surface area (Å²) in [5.41, 5.74) is 0. The Hall–Kier alpha value is -0.990. The van der Waals surface area contributed by atoms with Crippen molar-refractivity contribution in [2.24, 2.45) is 0 Å². The molecule has 0 aliphatic carbocycles. The molecule has 0 amide bonds. The molecule has 1 heterocycles. The van der Waals surface area contributed by atoms with Gasteiger partial charge in [0.25, 0.3) is 0 Å². The first-order chi connectivity index (χ1) is 9.03. The van der Waals surface area contributed by atoms with Crippen molar-refractivity contribution in [3.63, 3.8) is 0 Å². The number of nitrogens with one attached hydrogen (secondary N) is 2. The van der Waals surface area contributed by atoms with Crippen LogP contribution in [0, 0.1) is 6.92 Å². The summed E-state index contributed by atoms with van der Waals surface area (Å²) >= 11 is 0. The Labute approximate surface area is 114 Å². The second-order valence-electron chi connectivity index (χ2n) is 4.33. The van der Waals surface area contributed by atoms with Crippen molar-refractivity contribution >= 4 is 10.0 Å². The maximum atomic E-state index is 11.7. The van der Waals surface area contributed by atoms with Gasteiger partial charge in [-0.05, 0) is 32.4 Å². The minimum Gasteiger partial charge on any atom is -0.340 e. The first kappa shape index (κ1) is 16.1. The zero-order valence-corrected chi connectivity index (χ0v) is 12.3. The third-order valence-corrected chi connectivity index (χ3v) is 3.87. The summed E-state index contributed by atoms with van der Waals surface area (Å²) in [5, 5.41) is 6.86. The van der Waals surface area contributed by atoms with E-state index in [0.717, 1.165) is 25.9 Å². The van der Waals surface area contributed by atoms with E-state index in [4.69, 9.17) is 4.52 Å². The second kappa shape index (κ2) is 8.23. The van der Waals surface area contributed by atoms with Crippen molar-refractivity contribution < 1.29 is 12.9 Å². The first-order valence-corrected chi connectivity index (χ1v) is 8.16. The van der Waals surface area contributed by atoms with E-state index in [9.17, 15) is 8.42 Å². The first-order valence-electron chi connectivity index (χ1n) is 6.50. The van der Waals surface area contributed by atoms with E-state index in [2.05, 4.69) is 27.1 Å². The molecule has 0 bridgehead atoms. The van der Waals surface area contributed by atoms with Gasteiger partial charge in [-0.1, -0.05) is 12.1 Å². The largest absolute Gasteiger partial charge is 0.340 e. The highest BCUT2D eigenvalue weighted by molar-refractivity contribution is 7.89. The summed E-state index contributed by atoms with van der Waals surface area (Å²) in [5.74, 6) is 0.902. The van der Waals surface area contributed by atoms with E-state index in [-0.39, 0.29) is 12.3 Å². The van der Waals surface area contributed by atoms with Gasteiger partial charge in [-0.2, -0.15) is 4.98 Å². The molecule has 0 aromatic carbocycles. The maximum absolute atomic E-state index is 11.7. The molecule has 0 aliphatic heterocycles. The zero-order valence-electron chi connectivity index (χ0n) is 11.5. The number of nitrogens with zero attached hydrogens (tertiary/aromatic N) is 2. The molecule has 0 aliphatic rings. The third-order valence-electron chi connectivity index (χ3n) is 2.46. The van der Waals surface area contributed by atoms with Gasteiger partial charge in [0, 0.05) is 6.92 Å². The van der Waals surface area contributed by atoms with Gasteiger partial charge in [-0.15, -0.1) is 0 Å². The van der Waals surface area contributed by atoms with Crippen LogP contribution in [0.15, 0.2) is 4.52 Å². The van der Waals surface area contributed by atoms with Crippen LogP contribution in [0.3, 0.4) is 0 Å². The van der Waals surface area contributed by atoms with Crippen LogP contribution in [0.2, 0.25) is 0 Å². The van der Waals surface area contributed by atoms with E-state index in [1.54, 1.807) is 6.92 Å². The molecule has 0 spiro atoms. The quantitative estimate of drug-likeness (QED) is 0.612. The summed E-state index contributed by atoms with van der Waals surface area (Å²) in [6.45, 7) is 5.67. The fourth-order valence-electron chi connectivity index (χ4n) is 1.50. The van der Waals surface area contributed by atoms with Gasteiger partial charge in [0.15, 0.2) is 5.82 Å². The van der Waals surface area contributed by atoms with E-state index in [0.29, 0.717) is 18.1 Å². The third kappa shape index (κ3) is 7.24. The molecule has 0 saturated carbocycles. The number of unbranched alkanes of at least 4 members (excludes halogenated alkanes) is 1. The summed E-state index contributed by atoms with van der Waals surface area (Å²) in [6.07, 6.45) is 2.57. The van der Waals surface area contributed by atoms with Crippen LogP contribution in [0.1, 0.15) is 37.9 Å². The van der Waals surface area contributed by atoms with Crippen LogP contribution >= 0.6 is 0 Å².